The van der Waals surface area contributed by atoms with E-state index in [-0.39, 0.29) is 5.43 Å². The number of phosphoric acid groups is 1. The van der Waals surface area contributed by atoms with Crippen LogP contribution in [0.25, 0.3) is 22.0 Å². The predicted octanol–water partition coefficient (Wildman–Crippen LogP) is 3.86. The molecule has 0 bridgehead atoms. The van der Waals surface area contributed by atoms with Gasteiger partial charge in [0.15, 0.2) is 0 Å². The number of methoxy groups -OCH3 is 1. The van der Waals surface area contributed by atoms with Gasteiger partial charge in [-0.1, -0.05) is 19.1 Å². The van der Waals surface area contributed by atoms with Gasteiger partial charge in [0.25, 0.3) is 0 Å². The molecule has 33 heavy (non-hydrogen) atoms. The molecule has 0 spiro atoms. The normalized spacial score (nSPS) is 13.5. The second-order valence-electron chi connectivity index (χ2n) is 7.71. The average molecular weight is 475 g/mol. The Hall–Kier alpha value is -2.84. The van der Waals surface area contributed by atoms with Crippen LogP contribution < -0.4 is 19.6 Å². The maximum Gasteiger partial charge on any atom is 0.471 e. The van der Waals surface area contributed by atoms with Crippen LogP contribution in [-0.2, 0) is 22.2 Å². The minimum atomic E-state index is -4.77. The fourth-order valence-electron chi connectivity index (χ4n) is 3.92. The number of hydrogen-bond donors (Lipinski definition) is 2. The molecule has 1 aromatic heterocycles. The second-order valence-corrected chi connectivity index (χ2v) is 8.95. The number of ether oxygens (including phenoxy) is 3. The molecule has 0 radical (unpaired) electrons. The molecule has 10 heteroatoms. The van der Waals surface area contributed by atoms with Gasteiger partial charge < -0.3 is 28.6 Å². The summed E-state index contributed by atoms with van der Waals surface area (Å²) in [7, 11) is -3.21. The maximum atomic E-state index is 13.8. The first-order valence-corrected chi connectivity index (χ1v) is 12.2. The van der Waals surface area contributed by atoms with E-state index in [1.807, 2.05) is 13.0 Å². The molecular weight excluding hydrogens is 449 g/mol. The third kappa shape index (κ3) is 4.91. The van der Waals surface area contributed by atoms with E-state index >= 15 is 0 Å². The van der Waals surface area contributed by atoms with E-state index in [2.05, 4.69) is 0 Å². The van der Waals surface area contributed by atoms with E-state index in [4.69, 9.17) is 18.7 Å². The highest BCUT2D eigenvalue weighted by Gasteiger charge is 2.25. The molecule has 4 rings (SSSR count). The Bertz CT molecular complexity index is 1260. The number of nitrogens with zero attached hydrogens (tertiary/aromatic N) is 1. The van der Waals surface area contributed by atoms with Gasteiger partial charge in [0.05, 0.1) is 25.7 Å². The third-order valence-electron chi connectivity index (χ3n) is 5.40. The van der Waals surface area contributed by atoms with Crippen molar-refractivity contribution in [2.24, 2.45) is 0 Å². The molecule has 0 amide bonds. The summed E-state index contributed by atoms with van der Waals surface area (Å²) >= 11 is 0. The summed E-state index contributed by atoms with van der Waals surface area (Å²) < 4.78 is 34.8. The summed E-state index contributed by atoms with van der Waals surface area (Å²) in [6.07, 6.45) is 3.83. The molecular formula is C23H26NO8P. The monoisotopic (exact) mass is 475 g/mol. The smallest absolute Gasteiger partial charge is 0.471 e. The first-order chi connectivity index (χ1) is 15.8. The molecule has 3 aromatic rings. The van der Waals surface area contributed by atoms with Crippen LogP contribution in [0.15, 0.2) is 41.3 Å². The topological polar surface area (TPSA) is 116 Å². The van der Waals surface area contributed by atoms with Crippen LogP contribution in [0.2, 0.25) is 0 Å². The van der Waals surface area contributed by atoms with Crippen molar-refractivity contribution in [1.82, 2.24) is 4.57 Å². The molecule has 0 saturated carbocycles. The number of fused-ring (bicyclic) bond motifs is 3. The van der Waals surface area contributed by atoms with Gasteiger partial charge >= 0.3 is 7.82 Å². The summed E-state index contributed by atoms with van der Waals surface area (Å²) in [5, 5.41) is 0.306. The Labute approximate surface area is 190 Å². The van der Waals surface area contributed by atoms with Gasteiger partial charge in [-0.3, -0.25) is 9.32 Å². The number of benzene rings is 2. The van der Waals surface area contributed by atoms with Crippen molar-refractivity contribution in [3.05, 3.63) is 52.3 Å². The highest BCUT2D eigenvalue weighted by atomic mass is 31.2. The van der Waals surface area contributed by atoms with Gasteiger partial charge in [-0.25, -0.2) is 4.57 Å². The Balaban J connectivity index is 2.02. The van der Waals surface area contributed by atoms with E-state index in [1.165, 1.54) is 10.8 Å². The molecule has 0 saturated heterocycles. The van der Waals surface area contributed by atoms with Crippen molar-refractivity contribution in [1.29, 1.82) is 0 Å². The van der Waals surface area contributed by atoms with Gasteiger partial charge in [0, 0.05) is 11.8 Å². The van der Waals surface area contributed by atoms with Crippen LogP contribution >= 0.6 is 7.82 Å². The molecule has 0 atom stereocenters. The highest BCUT2D eigenvalue weighted by molar-refractivity contribution is 7.46. The van der Waals surface area contributed by atoms with Gasteiger partial charge in [-0.2, -0.15) is 0 Å². The lowest BCUT2D eigenvalue weighted by molar-refractivity contribution is 0.155. The number of aryl methyl sites for hydroxylation is 1. The number of hydrogen-bond acceptors (Lipinski definition) is 6. The minimum Gasteiger partial charge on any atom is -0.497 e. The van der Waals surface area contributed by atoms with Crippen LogP contribution in [-0.4, -0.2) is 34.7 Å². The van der Waals surface area contributed by atoms with Crippen molar-refractivity contribution in [3.8, 4) is 28.4 Å². The Kier molecular flexibility index (Phi) is 6.76. The van der Waals surface area contributed by atoms with Crippen molar-refractivity contribution in [2.45, 2.75) is 32.9 Å². The summed E-state index contributed by atoms with van der Waals surface area (Å²) in [6, 6.07) is 8.82. The summed E-state index contributed by atoms with van der Waals surface area (Å²) in [5.41, 5.74) is 1.94. The van der Waals surface area contributed by atoms with Gasteiger partial charge in [0.1, 0.15) is 29.5 Å². The fraction of sp³-hybridized carbons (Fsp3) is 0.348. The largest absolute Gasteiger partial charge is 0.497 e. The fourth-order valence-corrected chi connectivity index (χ4v) is 4.19. The molecule has 1 aliphatic rings. The molecule has 2 N–H and O–H groups in total. The maximum absolute atomic E-state index is 13.8. The third-order valence-corrected chi connectivity index (χ3v) is 5.85. The van der Waals surface area contributed by atoms with Crippen LogP contribution in [0.4, 0.5) is 0 Å². The SMILES string of the molecule is CCCOc1cc2c(c3c(=O)c(-c4ccc(OC)cc4)cn(COP(=O)(O)O)c13)OCCC2. The van der Waals surface area contributed by atoms with Gasteiger partial charge in [-0.05, 0) is 48.6 Å². The molecule has 9 nitrogen and oxygen atoms in total. The zero-order chi connectivity index (χ0) is 23.6. The standard InChI is InChI=1S/C23H26NO8P/c1-3-10-30-19-12-16-5-4-11-31-23(16)20-21(19)24(14-32-33(26,27)28)13-18(22(20)25)15-6-8-17(29-2)9-7-15/h6-9,12-13H,3-5,10-11,14H2,1-2H3,(H2,26,27,28). The Morgan fingerprint density at radius 1 is 1.21 bits per heavy atom. The molecule has 2 heterocycles. The molecule has 0 unspecified atom stereocenters. The summed E-state index contributed by atoms with van der Waals surface area (Å²) in [5.74, 6) is 1.56. The quantitative estimate of drug-likeness (QED) is 0.472. The van der Waals surface area contributed by atoms with Crippen molar-refractivity contribution in [2.75, 3.05) is 20.3 Å². The number of pyridine rings is 1. The van der Waals surface area contributed by atoms with E-state index in [0.29, 0.717) is 52.5 Å². The molecule has 2 aromatic carbocycles. The van der Waals surface area contributed by atoms with E-state index in [0.717, 1.165) is 24.8 Å². The van der Waals surface area contributed by atoms with Crippen molar-refractivity contribution < 1.29 is 33.1 Å². The van der Waals surface area contributed by atoms with E-state index < -0.39 is 14.6 Å². The lowest BCUT2D eigenvalue weighted by Crippen LogP contribution is -2.18. The van der Waals surface area contributed by atoms with Crippen LogP contribution in [0.3, 0.4) is 0 Å². The first-order valence-electron chi connectivity index (χ1n) is 10.7. The average Bonchev–Trinajstić information content (AvgIpc) is 2.81. The minimum absolute atomic E-state index is 0.261. The van der Waals surface area contributed by atoms with Crippen LogP contribution in [0, 0.1) is 0 Å². The lowest BCUT2D eigenvalue weighted by atomic mass is 9.98. The lowest BCUT2D eigenvalue weighted by Gasteiger charge is -2.24. The molecule has 176 valence electrons. The summed E-state index contributed by atoms with van der Waals surface area (Å²) in [4.78, 5) is 32.4. The highest BCUT2D eigenvalue weighted by Crippen LogP contribution is 2.41. The zero-order valence-corrected chi connectivity index (χ0v) is 19.3. The van der Waals surface area contributed by atoms with E-state index in [1.54, 1.807) is 31.4 Å². The second kappa shape index (κ2) is 9.57. The Morgan fingerprint density at radius 2 is 1.97 bits per heavy atom. The van der Waals surface area contributed by atoms with Crippen molar-refractivity contribution in [3.63, 3.8) is 0 Å². The van der Waals surface area contributed by atoms with Crippen LogP contribution in [0.5, 0.6) is 17.2 Å². The number of phosphoric ester groups is 1. The van der Waals surface area contributed by atoms with E-state index in [9.17, 15) is 19.1 Å². The zero-order valence-electron chi connectivity index (χ0n) is 18.4. The van der Waals surface area contributed by atoms with Gasteiger partial charge in [-0.15, -0.1) is 0 Å². The summed E-state index contributed by atoms with van der Waals surface area (Å²) in [6.45, 7) is 2.38. The molecule has 0 fully saturated rings. The number of aromatic nitrogens is 1. The first kappa shape index (κ1) is 23.3. The predicted molar refractivity (Wildman–Crippen MR) is 123 cm³/mol. The molecule has 0 aliphatic carbocycles. The number of rotatable bonds is 8. The Morgan fingerprint density at radius 3 is 2.64 bits per heavy atom. The van der Waals surface area contributed by atoms with Crippen molar-refractivity contribution >= 4 is 18.7 Å². The van der Waals surface area contributed by atoms with Gasteiger partial charge in [0.2, 0.25) is 5.43 Å². The van der Waals surface area contributed by atoms with Crippen LogP contribution in [0.1, 0.15) is 25.3 Å². The molecule has 1 aliphatic heterocycles.